The Morgan fingerprint density at radius 1 is 0.543 bits per heavy atom. The maximum Gasteiger partial charge on any atom is 0.134 e. The molecule has 0 radical (unpaired) electrons. The molecule has 0 aliphatic carbocycles. The summed E-state index contributed by atoms with van der Waals surface area (Å²) in [4.78, 5) is 2.04. The van der Waals surface area contributed by atoms with Crippen LogP contribution >= 0.6 is 0 Å². The first-order valence-corrected chi connectivity index (χ1v) is 11.5. The van der Waals surface area contributed by atoms with E-state index in [1.54, 1.807) is 36.4 Å². The molecule has 4 aromatic carbocycles. The van der Waals surface area contributed by atoms with Crippen molar-refractivity contribution in [2.75, 3.05) is 4.90 Å². The molecular weight excluding hydrogens is 438 g/mol. The molecule has 4 aromatic rings. The zero-order chi connectivity index (χ0) is 25.4. The summed E-state index contributed by atoms with van der Waals surface area (Å²) in [5.41, 5.74) is 8.39. The molecule has 3 N–H and O–H groups in total. The molecule has 0 saturated carbocycles. The second-order valence-electron chi connectivity index (χ2n) is 9.13. The van der Waals surface area contributed by atoms with E-state index in [9.17, 15) is 15.3 Å². The number of nitrogens with zero attached hydrogens (tertiary/aromatic N) is 1. The Balaban J connectivity index is 1.83. The molecule has 180 valence electrons. The van der Waals surface area contributed by atoms with Crippen LogP contribution in [0.25, 0.3) is 0 Å². The van der Waals surface area contributed by atoms with Crippen molar-refractivity contribution < 1.29 is 20.1 Å². The first-order valence-electron chi connectivity index (χ1n) is 11.5. The van der Waals surface area contributed by atoms with Crippen LogP contribution in [0.3, 0.4) is 0 Å². The molecule has 0 bridgehead atoms. The molecule has 0 saturated heterocycles. The van der Waals surface area contributed by atoms with Gasteiger partial charge in [0.15, 0.2) is 0 Å². The van der Waals surface area contributed by atoms with Gasteiger partial charge in [-0.25, -0.2) is 0 Å². The summed E-state index contributed by atoms with van der Waals surface area (Å²) in [6.07, 6.45) is 0. The molecule has 0 aliphatic heterocycles. The van der Waals surface area contributed by atoms with Gasteiger partial charge in [-0.2, -0.15) is 0 Å². The number of aromatic hydroxyl groups is 3. The third-order valence-corrected chi connectivity index (χ3v) is 6.66. The van der Waals surface area contributed by atoms with Crippen LogP contribution in [-0.4, -0.2) is 15.3 Å². The van der Waals surface area contributed by atoms with Crippen molar-refractivity contribution in [3.63, 3.8) is 0 Å². The van der Waals surface area contributed by atoms with E-state index in [0.29, 0.717) is 11.5 Å². The Morgan fingerprint density at radius 2 is 0.971 bits per heavy atom. The molecule has 0 aromatic heterocycles. The van der Waals surface area contributed by atoms with Crippen LogP contribution in [0.5, 0.6) is 28.7 Å². The number of benzene rings is 4. The van der Waals surface area contributed by atoms with Crippen molar-refractivity contribution in [1.82, 2.24) is 0 Å². The summed E-state index contributed by atoms with van der Waals surface area (Å²) in [7, 11) is 0. The van der Waals surface area contributed by atoms with Gasteiger partial charge < -0.3 is 25.0 Å². The minimum atomic E-state index is 0.162. The number of ether oxygens (including phenoxy) is 1. The number of phenols is 3. The standard InChI is InChI=1S/C30H31NO4/c1-17-11-24(32)14-28(20(17)4)31(29-15-25(33)12-18(2)21(29)5)23-7-9-27(10-8-23)35-30-16-26(34)13-19(3)22(30)6/h7-16,32-34H,1-6H3. The monoisotopic (exact) mass is 469 g/mol. The number of rotatable bonds is 5. The molecule has 0 fully saturated rings. The second-order valence-corrected chi connectivity index (χ2v) is 9.13. The zero-order valence-corrected chi connectivity index (χ0v) is 21.0. The van der Waals surface area contributed by atoms with Crippen LogP contribution < -0.4 is 9.64 Å². The van der Waals surface area contributed by atoms with Crippen molar-refractivity contribution in [2.24, 2.45) is 0 Å². The average Bonchev–Trinajstić information content (AvgIpc) is 2.79. The van der Waals surface area contributed by atoms with Gasteiger partial charge in [0.05, 0.1) is 11.4 Å². The number of aryl methyl sites for hydroxylation is 3. The van der Waals surface area contributed by atoms with Gasteiger partial charge in [-0.15, -0.1) is 0 Å². The van der Waals surface area contributed by atoms with E-state index >= 15 is 0 Å². The molecule has 0 spiro atoms. The molecule has 5 nitrogen and oxygen atoms in total. The van der Waals surface area contributed by atoms with Gasteiger partial charge in [0.1, 0.15) is 28.7 Å². The van der Waals surface area contributed by atoms with Gasteiger partial charge in [-0.3, -0.25) is 0 Å². The minimum absolute atomic E-state index is 0.162. The summed E-state index contributed by atoms with van der Waals surface area (Å²) in [5.74, 6) is 1.76. The third kappa shape index (κ3) is 4.76. The number of hydrogen-bond donors (Lipinski definition) is 3. The van der Waals surface area contributed by atoms with Crippen molar-refractivity contribution in [1.29, 1.82) is 0 Å². The van der Waals surface area contributed by atoms with Crippen LogP contribution in [0, 0.1) is 41.5 Å². The average molecular weight is 470 g/mol. The molecule has 0 heterocycles. The highest BCUT2D eigenvalue weighted by Crippen LogP contribution is 2.43. The molecule has 0 unspecified atom stereocenters. The van der Waals surface area contributed by atoms with E-state index in [1.165, 1.54) is 0 Å². The van der Waals surface area contributed by atoms with Gasteiger partial charge >= 0.3 is 0 Å². The van der Waals surface area contributed by atoms with Crippen LogP contribution in [0.1, 0.15) is 33.4 Å². The van der Waals surface area contributed by atoms with E-state index < -0.39 is 0 Å². The predicted octanol–water partition coefficient (Wildman–Crippen LogP) is 7.92. The molecule has 0 atom stereocenters. The topological polar surface area (TPSA) is 73.2 Å². The molecule has 0 aliphatic rings. The number of hydrogen-bond acceptors (Lipinski definition) is 5. The summed E-state index contributed by atoms with van der Waals surface area (Å²) >= 11 is 0. The highest BCUT2D eigenvalue weighted by atomic mass is 16.5. The fourth-order valence-corrected chi connectivity index (χ4v) is 4.22. The van der Waals surface area contributed by atoms with Crippen molar-refractivity contribution >= 4 is 17.1 Å². The summed E-state index contributed by atoms with van der Waals surface area (Å²) < 4.78 is 6.08. The normalized spacial score (nSPS) is 10.9. The van der Waals surface area contributed by atoms with Gasteiger partial charge in [-0.1, -0.05) is 0 Å². The zero-order valence-electron chi connectivity index (χ0n) is 21.0. The Kier molecular flexibility index (Phi) is 6.35. The van der Waals surface area contributed by atoms with Gasteiger partial charge in [0.25, 0.3) is 0 Å². The summed E-state index contributed by atoms with van der Waals surface area (Å²) in [6.45, 7) is 11.9. The van der Waals surface area contributed by atoms with Crippen molar-refractivity contribution in [3.8, 4) is 28.7 Å². The minimum Gasteiger partial charge on any atom is -0.508 e. The third-order valence-electron chi connectivity index (χ3n) is 6.66. The summed E-state index contributed by atoms with van der Waals surface area (Å²) in [6, 6.07) is 17.9. The van der Waals surface area contributed by atoms with E-state index in [1.807, 2.05) is 70.7 Å². The highest BCUT2D eigenvalue weighted by molar-refractivity contribution is 5.82. The van der Waals surface area contributed by atoms with Gasteiger partial charge in [0.2, 0.25) is 0 Å². The quantitative estimate of drug-likeness (QED) is 0.277. The molecule has 0 amide bonds. The second kappa shape index (κ2) is 9.26. The van der Waals surface area contributed by atoms with Crippen molar-refractivity contribution in [3.05, 3.63) is 94.0 Å². The van der Waals surface area contributed by atoms with Crippen LogP contribution in [-0.2, 0) is 0 Å². The lowest BCUT2D eigenvalue weighted by Crippen LogP contribution is -2.13. The van der Waals surface area contributed by atoms with Crippen LogP contribution in [0.15, 0.2) is 60.7 Å². The summed E-state index contributed by atoms with van der Waals surface area (Å²) in [5, 5.41) is 30.8. The first-order chi connectivity index (χ1) is 16.5. The SMILES string of the molecule is Cc1cc(O)cc(Oc2ccc(N(c3cc(O)cc(C)c3C)c3cc(O)cc(C)c3C)cc2)c1C. The molecular formula is C30H31NO4. The highest BCUT2D eigenvalue weighted by Gasteiger charge is 2.20. The first kappa shape index (κ1) is 24.0. The van der Waals surface area contributed by atoms with Gasteiger partial charge in [-0.05, 0) is 117 Å². The lowest BCUT2D eigenvalue weighted by molar-refractivity contribution is 0.452. The Morgan fingerprint density at radius 3 is 1.46 bits per heavy atom. The molecule has 4 rings (SSSR count). The van der Waals surface area contributed by atoms with E-state index in [0.717, 1.165) is 50.4 Å². The Hall–Kier alpha value is -4.12. The smallest absolute Gasteiger partial charge is 0.134 e. The molecule has 5 heteroatoms. The van der Waals surface area contributed by atoms with Crippen molar-refractivity contribution in [2.45, 2.75) is 41.5 Å². The Labute approximate surface area is 206 Å². The van der Waals surface area contributed by atoms with E-state index in [4.69, 9.17) is 4.74 Å². The maximum absolute atomic E-state index is 10.4. The van der Waals surface area contributed by atoms with Crippen LogP contribution in [0.2, 0.25) is 0 Å². The van der Waals surface area contributed by atoms with Crippen LogP contribution in [0.4, 0.5) is 17.1 Å². The fourth-order valence-electron chi connectivity index (χ4n) is 4.22. The lowest BCUT2D eigenvalue weighted by Gasteiger charge is -2.30. The van der Waals surface area contributed by atoms with Gasteiger partial charge in [0, 0.05) is 23.9 Å². The Bertz CT molecular complexity index is 1350. The number of phenolic OH excluding ortho intramolecular Hbond substituents is 3. The molecule has 35 heavy (non-hydrogen) atoms. The predicted molar refractivity (Wildman–Crippen MR) is 141 cm³/mol. The van der Waals surface area contributed by atoms with E-state index in [2.05, 4.69) is 0 Å². The largest absolute Gasteiger partial charge is 0.508 e. The lowest BCUT2D eigenvalue weighted by atomic mass is 10.0. The van der Waals surface area contributed by atoms with E-state index in [-0.39, 0.29) is 17.2 Å². The fraction of sp³-hybridized carbons (Fsp3) is 0.200. The maximum atomic E-state index is 10.4. The number of anilines is 3.